The zero-order valence-electron chi connectivity index (χ0n) is 17.9. The van der Waals surface area contributed by atoms with Gasteiger partial charge in [-0.15, -0.1) is 0 Å². The molecular weight excluding hydrogens is 475 g/mol. The van der Waals surface area contributed by atoms with Crippen LogP contribution in [0.4, 0.5) is 18.9 Å². The lowest BCUT2D eigenvalue weighted by Gasteiger charge is -2.29. The summed E-state index contributed by atoms with van der Waals surface area (Å²) in [6, 6.07) is 8.55. The molecule has 0 bridgehead atoms. The fraction of sp³-hybridized carbons (Fsp3) is 0.300. The number of nitrogens with zero attached hydrogens (tertiary/aromatic N) is 6. The van der Waals surface area contributed by atoms with Crippen LogP contribution in [0.15, 0.2) is 47.8 Å². The van der Waals surface area contributed by atoms with Gasteiger partial charge in [-0.05, 0) is 30.2 Å². The molecule has 3 heterocycles. The number of alkyl halides is 3. The molecule has 0 unspecified atom stereocenters. The summed E-state index contributed by atoms with van der Waals surface area (Å²) in [4.78, 5) is 21.3. The van der Waals surface area contributed by atoms with Gasteiger partial charge in [0.05, 0.1) is 24.5 Å². The fourth-order valence-electron chi connectivity index (χ4n) is 3.41. The van der Waals surface area contributed by atoms with Crippen LogP contribution in [0.1, 0.15) is 28.7 Å². The Labute approximate surface area is 192 Å². The molecule has 0 radical (unpaired) electrons. The predicted molar refractivity (Wildman–Crippen MR) is 117 cm³/mol. The summed E-state index contributed by atoms with van der Waals surface area (Å²) in [6.07, 6.45) is 4.54. The number of hydrogen-bond acceptors (Lipinski definition) is 7. The van der Waals surface area contributed by atoms with Crippen molar-refractivity contribution >= 4 is 33.7 Å². The first-order valence-electron chi connectivity index (χ1n) is 10.2. The number of aryl methyl sites for hydroxylation is 1. The summed E-state index contributed by atoms with van der Waals surface area (Å²) in [5.74, 6) is 0.144. The number of benzene rings is 1. The van der Waals surface area contributed by atoms with Gasteiger partial charge in [0.1, 0.15) is 12.0 Å². The second-order valence-corrected chi connectivity index (χ2v) is 9.20. The molecule has 4 rings (SSSR count). The van der Waals surface area contributed by atoms with Gasteiger partial charge in [0.15, 0.2) is 0 Å². The Kier molecular flexibility index (Phi) is 6.17. The third kappa shape index (κ3) is 4.40. The van der Waals surface area contributed by atoms with Gasteiger partial charge < -0.3 is 5.32 Å². The van der Waals surface area contributed by atoms with E-state index in [9.17, 15) is 26.4 Å². The van der Waals surface area contributed by atoms with Crippen LogP contribution in [0.25, 0.3) is 5.78 Å². The number of aromatic nitrogens is 3. The van der Waals surface area contributed by atoms with E-state index in [1.54, 1.807) is 47.1 Å². The number of hydrazone groups is 1. The zero-order chi connectivity index (χ0) is 24.5. The standard InChI is InChI=1S/C20H20F3N7O3S/c1-2-16-17(29-9-3-8-24-19(29)27-16)18(31)25-12-14-4-6-15(7-5-14)30-11-10-28(13-26-30)34(32,33)20(21,22)23/h3-9,13H,2,10-12H2,1H3,(H,25,31). The number of amides is 1. The number of halogens is 3. The molecule has 10 nitrogen and oxygen atoms in total. The van der Waals surface area contributed by atoms with Crippen LogP contribution < -0.4 is 10.3 Å². The molecule has 1 N–H and O–H groups in total. The number of carbonyl (C=O) groups excluding carboxylic acids is 1. The van der Waals surface area contributed by atoms with E-state index in [4.69, 9.17) is 0 Å². The van der Waals surface area contributed by atoms with Crippen molar-refractivity contribution in [1.29, 1.82) is 0 Å². The van der Waals surface area contributed by atoms with Crippen LogP contribution in [-0.4, -0.2) is 57.9 Å². The van der Waals surface area contributed by atoms with Crippen molar-refractivity contribution in [2.45, 2.75) is 25.4 Å². The number of nitrogens with one attached hydrogen (secondary N) is 1. The summed E-state index contributed by atoms with van der Waals surface area (Å²) < 4.78 is 62.8. The largest absolute Gasteiger partial charge is 0.516 e. The molecule has 0 atom stereocenters. The normalized spacial score (nSPS) is 14.6. The van der Waals surface area contributed by atoms with E-state index in [1.807, 2.05) is 6.92 Å². The smallest absolute Gasteiger partial charge is 0.347 e. The van der Waals surface area contributed by atoms with Crippen molar-refractivity contribution in [2.75, 3.05) is 18.1 Å². The first-order chi connectivity index (χ1) is 16.1. The molecule has 1 aromatic carbocycles. The molecule has 14 heteroatoms. The highest BCUT2D eigenvalue weighted by atomic mass is 32.2. The molecule has 34 heavy (non-hydrogen) atoms. The van der Waals surface area contributed by atoms with E-state index in [0.29, 0.717) is 35.6 Å². The lowest BCUT2D eigenvalue weighted by Crippen LogP contribution is -2.46. The van der Waals surface area contributed by atoms with Gasteiger partial charge in [-0.1, -0.05) is 19.1 Å². The molecule has 0 saturated carbocycles. The molecule has 1 aliphatic rings. The average Bonchev–Trinajstić information content (AvgIpc) is 3.21. The highest BCUT2D eigenvalue weighted by molar-refractivity contribution is 7.90. The molecule has 3 aromatic rings. The third-order valence-electron chi connectivity index (χ3n) is 5.17. The Morgan fingerprint density at radius 3 is 2.53 bits per heavy atom. The van der Waals surface area contributed by atoms with Gasteiger partial charge in [0.25, 0.3) is 5.91 Å². The van der Waals surface area contributed by atoms with Gasteiger partial charge in [-0.3, -0.25) is 14.2 Å². The summed E-state index contributed by atoms with van der Waals surface area (Å²) >= 11 is 0. The van der Waals surface area contributed by atoms with E-state index >= 15 is 0 Å². The second kappa shape index (κ2) is 8.93. The Morgan fingerprint density at radius 2 is 1.91 bits per heavy atom. The second-order valence-electron chi connectivity index (χ2n) is 7.32. The molecular formula is C20H20F3N7O3S. The lowest BCUT2D eigenvalue weighted by molar-refractivity contribution is -0.0471. The van der Waals surface area contributed by atoms with Crippen LogP contribution in [0.2, 0.25) is 0 Å². The van der Waals surface area contributed by atoms with Gasteiger partial charge >= 0.3 is 15.5 Å². The van der Waals surface area contributed by atoms with Crippen LogP contribution in [0, 0.1) is 0 Å². The van der Waals surface area contributed by atoms with Crippen LogP contribution in [0.3, 0.4) is 0 Å². The van der Waals surface area contributed by atoms with Gasteiger partial charge in [-0.2, -0.15) is 26.7 Å². The van der Waals surface area contributed by atoms with E-state index < -0.39 is 22.1 Å². The van der Waals surface area contributed by atoms with Crippen LogP contribution in [-0.2, 0) is 23.0 Å². The van der Waals surface area contributed by atoms with Crippen LogP contribution in [0.5, 0.6) is 0 Å². The molecule has 1 amide bonds. The van der Waals surface area contributed by atoms with Gasteiger partial charge in [-0.25, -0.2) is 14.3 Å². The number of rotatable bonds is 6. The number of imidazole rings is 1. The maximum atomic E-state index is 12.8. The zero-order valence-corrected chi connectivity index (χ0v) is 18.7. The third-order valence-corrected chi connectivity index (χ3v) is 6.65. The number of fused-ring (bicyclic) bond motifs is 1. The fourth-order valence-corrected chi connectivity index (χ4v) is 4.17. The highest BCUT2D eigenvalue weighted by Crippen LogP contribution is 2.27. The SMILES string of the molecule is CCc1nc2ncccn2c1C(=O)NCc1ccc(N2CCN(S(=O)(=O)C(F)(F)F)C=N2)cc1. The number of hydrogen-bond donors (Lipinski definition) is 1. The maximum absolute atomic E-state index is 12.8. The molecule has 2 aromatic heterocycles. The van der Waals surface area contributed by atoms with Crippen LogP contribution >= 0.6 is 0 Å². The van der Waals surface area contributed by atoms with E-state index in [-0.39, 0.29) is 23.3 Å². The molecule has 180 valence electrons. The van der Waals surface area contributed by atoms with Crippen molar-refractivity contribution in [3.63, 3.8) is 0 Å². The molecule has 0 fully saturated rings. The minimum atomic E-state index is -5.46. The summed E-state index contributed by atoms with van der Waals surface area (Å²) in [6.45, 7) is 1.69. The summed E-state index contributed by atoms with van der Waals surface area (Å²) in [5, 5.41) is 8.06. The van der Waals surface area contributed by atoms with E-state index in [2.05, 4.69) is 20.4 Å². The Bertz CT molecular complexity index is 1340. The molecule has 1 aliphatic heterocycles. The summed E-state index contributed by atoms with van der Waals surface area (Å²) in [5.41, 5.74) is -2.98. The average molecular weight is 495 g/mol. The highest BCUT2D eigenvalue weighted by Gasteiger charge is 2.50. The van der Waals surface area contributed by atoms with E-state index in [1.165, 1.54) is 5.01 Å². The van der Waals surface area contributed by atoms with Crippen molar-refractivity contribution in [3.05, 3.63) is 59.7 Å². The van der Waals surface area contributed by atoms with Crippen molar-refractivity contribution < 1.29 is 26.4 Å². The summed E-state index contributed by atoms with van der Waals surface area (Å²) in [7, 11) is -5.46. The minimum Gasteiger partial charge on any atom is -0.347 e. The van der Waals surface area contributed by atoms with E-state index in [0.717, 1.165) is 5.56 Å². The van der Waals surface area contributed by atoms with Crippen molar-refractivity contribution in [3.8, 4) is 0 Å². The first kappa shape index (κ1) is 23.5. The number of anilines is 1. The van der Waals surface area contributed by atoms with Gasteiger partial charge in [0, 0.05) is 18.9 Å². The predicted octanol–water partition coefficient (Wildman–Crippen LogP) is 2.14. The first-order valence-corrected chi connectivity index (χ1v) is 11.6. The quantitative estimate of drug-likeness (QED) is 0.561. The molecule has 0 aliphatic carbocycles. The lowest BCUT2D eigenvalue weighted by atomic mass is 10.2. The molecule has 0 saturated heterocycles. The Hall–Kier alpha value is -3.68. The van der Waals surface area contributed by atoms with Crippen molar-refractivity contribution in [2.24, 2.45) is 5.10 Å². The molecule has 0 spiro atoms. The number of carbonyl (C=O) groups is 1. The van der Waals surface area contributed by atoms with Gasteiger partial charge in [0.2, 0.25) is 5.78 Å². The van der Waals surface area contributed by atoms with Crippen molar-refractivity contribution in [1.82, 2.24) is 24.0 Å². The Balaban J connectivity index is 1.41. The maximum Gasteiger partial charge on any atom is 0.516 e. The minimum absolute atomic E-state index is 0.0516. The topological polar surface area (TPSA) is 112 Å². The Morgan fingerprint density at radius 1 is 1.18 bits per heavy atom. The monoisotopic (exact) mass is 495 g/mol. The number of sulfonamides is 1.